The van der Waals surface area contributed by atoms with Gasteiger partial charge >= 0.3 is 0 Å². The minimum atomic E-state index is -0.148. The number of hydrogen-bond acceptors (Lipinski definition) is 6. The average Bonchev–Trinajstić information content (AvgIpc) is 2.36. The van der Waals surface area contributed by atoms with Crippen molar-refractivity contribution in [1.82, 2.24) is 9.91 Å². The fourth-order valence-electron chi connectivity index (χ4n) is 1.57. The molecule has 0 radical (unpaired) electrons. The zero-order valence-electron chi connectivity index (χ0n) is 11.3. The minimum absolute atomic E-state index is 0.148. The van der Waals surface area contributed by atoms with E-state index in [0.717, 1.165) is 0 Å². The second-order valence-corrected chi connectivity index (χ2v) is 4.06. The normalized spacial score (nSPS) is 17.7. The van der Waals surface area contributed by atoms with Gasteiger partial charge in [0.1, 0.15) is 12.8 Å². The zero-order chi connectivity index (χ0) is 13.5. The number of hydrazone groups is 1. The third kappa shape index (κ3) is 3.99. The molecule has 0 saturated carbocycles. The molecule has 0 aromatic carbocycles. The monoisotopic (exact) mass is 256 g/mol. The molecule has 18 heavy (non-hydrogen) atoms. The summed E-state index contributed by atoms with van der Waals surface area (Å²) in [6, 6.07) is 0. The summed E-state index contributed by atoms with van der Waals surface area (Å²) >= 11 is 0. The lowest BCUT2D eigenvalue weighted by Gasteiger charge is -2.27. The fourth-order valence-corrected chi connectivity index (χ4v) is 1.57. The Hall–Kier alpha value is -1.63. The molecule has 1 rings (SSSR count). The maximum atomic E-state index is 12.3. The van der Waals surface area contributed by atoms with Crippen molar-refractivity contribution in [1.29, 1.82) is 0 Å². The van der Waals surface area contributed by atoms with Gasteiger partial charge in [-0.05, 0) is 6.92 Å². The van der Waals surface area contributed by atoms with Gasteiger partial charge in [-0.1, -0.05) is 5.16 Å². The third-order valence-electron chi connectivity index (χ3n) is 2.37. The summed E-state index contributed by atoms with van der Waals surface area (Å²) in [6.45, 7) is 3.96. The topological polar surface area (TPSA) is 66.7 Å². The molecule has 0 spiro atoms. The number of ether oxygens (including phenoxy) is 1. The SMILES string of the molecule is CO/N=C(C)/C(=N\N(C)C)C(=O)N1CCOCC1. The Morgan fingerprint density at radius 1 is 1.33 bits per heavy atom. The molecular formula is C11H20N4O3. The summed E-state index contributed by atoms with van der Waals surface area (Å²) in [5.74, 6) is -0.148. The van der Waals surface area contributed by atoms with Crippen molar-refractivity contribution in [3.8, 4) is 0 Å². The van der Waals surface area contributed by atoms with E-state index in [2.05, 4.69) is 10.3 Å². The second kappa shape index (κ2) is 6.95. The Morgan fingerprint density at radius 3 is 2.44 bits per heavy atom. The first-order valence-corrected chi connectivity index (χ1v) is 5.77. The van der Waals surface area contributed by atoms with Gasteiger partial charge in [0.2, 0.25) is 0 Å². The van der Waals surface area contributed by atoms with E-state index in [1.807, 2.05) is 0 Å². The molecule has 0 atom stereocenters. The highest BCUT2D eigenvalue weighted by atomic mass is 16.6. The highest BCUT2D eigenvalue weighted by molar-refractivity contribution is 6.66. The highest BCUT2D eigenvalue weighted by Crippen LogP contribution is 2.01. The van der Waals surface area contributed by atoms with Crippen molar-refractivity contribution in [2.45, 2.75) is 6.92 Å². The van der Waals surface area contributed by atoms with Crippen LogP contribution in [0.2, 0.25) is 0 Å². The molecule has 0 aliphatic carbocycles. The number of amides is 1. The number of morpholine rings is 1. The van der Waals surface area contributed by atoms with Crippen LogP contribution in [0.4, 0.5) is 0 Å². The van der Waals surface area contributed by atoms with Gasteiger partial charge in [-0.3, -0.25) is 4.79 Å². The molecule has 7 heteroatoms. The van der Waals surface area contributed by atoms with E-state index in [9.17, 15) is 4.79 Å². The van der Waals surface area contributed by atoms with Crippen molar-refractivity contribution in [3.63, 3.8) is 0 Å². The second-order valence-electron chi connectivity index (χ2n) is 4.06. The number of carbonyl (C=O) groups is 1. The number of carbonyl (C=O) groups excluding carboxylic acids is 1. The van der Waals surface area contributed by atoms with Gasteiger partial charge in [0, 0.05) is 27.2 Å². The smallest absolute Gasteiger partial charge is 0.276 e. The molecule has 1 aliphatic rings. The maximum Gasteiger partial charge on any atom is 0.276 e. The molecule has 0 bridgehead atoms. The van der Waals surface area contributed by atoms with E-state index < -0.39 is 0 Å². The van der Waals surface area contributed by atoms with Crippen molar-refractivity contribution in [3.05, 3.63) is 0 Å². The van der Waals surface area contributed by atoms with Gasteiger partial charge in [0.25, 0.3) is 5.91 Å². The van der Waals surface area contributed by atoms with Crippen molar-refractivity contribution in [2.75, 3.05) is 47.5 Å². The maximum absolute atomic E-state index is 12.3. The first-order valence-electron chi connectivity index (χ1n) is 5.77. The van der Waals surface area contributed by atoms with Crippen LogP contribution >= 0.6 is 0 Å². The molecule has 1 saturated heterocycles. The summed E-state index contributed by atoms with van der Waals surface area (Å²) in [7, 11) is 4.95. The largest absolute Gasteiger partial charge is 0.399 e. The first-order chi connectivity index (χ1) is 8.56. The molecule has 102 valence electrons. The third-order valence-corrected chi connectivity index (χ3v) is 2.37. The molecule has 0 aromatic rings. The summed E-state index contributed by atoms with van der Waals surface area (Å²) in [4.78, 5) is 18.7. The minimum Gasteiger partial charge on any atom is -0.399 e. The van der Waals surface area contributed by atoms with Crippen LogP contribution in [-0.4, -0.2) is 74.7 Å². The lowest BCUT2D eigenvalue weighted by Crippen LogP contribution is -2.46. The summed E-state index contributed by atoms with van der Waals surface area (Å²) in [5.41, 5.74) is 0.756. The van der Waals surface area contributed by atoms with Crippen LogP contribution in [0, 0.1) is 0 Å². The number of rotatable bonds is 4. The van der Waals surface area contributed by atoms with Gasteiger partial charge < -0.3 is 19.5 Å². The van der Waals surface area contributed by atoms with Crippen LogP contribution in [0.5, 0.6) is 0 Å². The molecule has 1 heterocycles. The number of oxime groups is 1. The van der Waals surface area contributed by atoms with Crippen LogP contribution in [0.1, 0.15) is 6.92 Å². The van der Waals surface area contributed by atoms with E-state index in [1.165, 1.54) is 7.11 Å². The summed E-state index contributed by atoms with van der Waals surface area (Å²) < 4.78 is 5.22. The lowest BCUT2D eigenvalue weighted by molar-refractivity contribution is -0.127. The quantitative estimate of drug-likeness (QED) is 0.515. The predicted octanol–water partition coefficient (Wildman–Crippen LogP) is -0.215. The molecule has 0 aromatic heterocycles. The Morgan fingerprint density at radius 2 is 1.94 bits per heavy atom. The Balaban J connectivity index is 2.88. The average molecular weight is 256 g/mol. The van der Waals surface area contributed by atoms with E-state index >= 15 is 0 Å². The molecule has 1 amide bonds. The zero-order valence-corrected chi connectivity index (χ0v) is 11.3. The van der Waals surface area contributed by atoms with Gasteiger partial charge in [0.15, 0.2) is 5.71 Å². The van der Waals surface area contributed by atoms with E-state index in [-0.39, 0.29) is 5.91 Å². The molecular weight excluding hydrogens is 236 g/mol. The first kappa shape index (κ1) is 14.4. The van der Waals surface area contributed by atoms with Gasteiger partial charge in [-0.15, -0.1) is 0 Å². The summed E-state index contributed by atoms with van der Waals surface area (Å²) in [5, 5.41) is 9.52. The Labute approximate surface area is 107 Å². The predicted molar refractivity (Wildman–Crippen MR) is 68.6 cm³/mol. The molecule has 0 N–H and O–H groups in total. The number of nitrogens with zero attached hydrogens (tertiary/aromatic N) is 4. The highest BCUT2D eigenvalue weighted by Gasteiger charge is 2.24. The van der Waals surface area contributed by atoms with E-state index in [0.29, 0.717) is 37.7 Å². The molecule has 7 nitrogen and oxygen atoms in total. The Kier molecular flexibility index (Phi) is 5.57. The van der Waals surface area contributed by atoms with E-state index in [4.69, 9.17) is 9.57 Å². The standard InChI is InChI=1S/C11H20N4O3/c1-9(13-17-4)10(12-14(2)3)11(16)15-5-7-18-8-6-15/h5-8H2,1-4H3/b12-10+,13-9+. The van der Waals surface area contributed by atoms with E-state index in [1.54, 1.807) is 30.9 Å². The summed E-state index contributed by atoms with van der Waals surface area (Å²) in [6.07, 6.45) is 0. The van der Waals surface area contributed by atoms with Crippen LogP contribution < -0.4 is 0 Å². The van der Waals surface area contributed by atoms with Crippen molar-refractivity contribution < 1.29 is 14.4 Å². The van der Waals surface area contributed by atoms with Gasteiger partial charge in [-0.2, -0.15) is 5.10 Å². The molecule has 1 fully saturated rings. The molecule has 1 aliphatic heterocycles. The van der Waals surface area contributed by atoms with Crippen LogP contribution in [-0.2, 0) is 14.4 Å². The lowest BCUT2D eigenvalue weighted by atomic mass is 10.2. The van der Waals surface area contributed by atoms with Crippen molar-refractivity contribution >= 4 is 17.3 Å². The van der Waals surface area contributed by atoms with Crippen LogP contribution in [0.3, 0.4) is 0 Å². The van der Waals surface area contributed by atoms with Gasteiger partial charge in [0.05, 0.1) is 13.2 Å². The van der Waals surface area contributed by atoms with Gasteiger partial charge in [-0.25, -0.2) is 0 Å². The molecule has 0 unspecified atom stereocenters. The van der Waals surface area contributed by atoms with Crippen LogP contribution in [0.15, 0.2) is 10.3 Å². The Bertz CT molecular complexity index is 346. The number of hydrogen-bond donors (Lipinski definition) is 0. The van der Waals surface area contributed by atoms with Crippen molar-refractivity contribution in [2.24, 2.45) is 10.3 Å². The van der Waals surface area contributed by atoms with Crippen LogP contribution in [0.25, 0.3) is 0 Å². The fraction of sp³-hybridized carbons (Fsp3) is 0.727.